The van der Waals surface area contributed by atoms with Gasteiger partial charge in [0.15, 0.2) is 0 Å². The van der Waals surface area contributed by atoms with Crippen LogP contribution in [0.3, 0.4) is 0 Å². The van der Waals surface area contributed by atoms with E-state index in [-0.39, 0.29) is 12.0 Å². The lowest BCUT2D eigenvalue weighted by atomic mass is 10.00. The lowest BCUT2D eigenvalue weighted by Crippen LogP contribution is -2.17. The minimum Gasteiger partial charge on any atom is -0.481 e. The monoisotopic (exact) mass is 258 g/mol. The van der Waals surface area contributed by atoms with Crippen LogP contribution in [0.15, 0.2) is 36.7 Å². The number of carboxylic acids is 1. The van der Waals surface area contributed by atoms with Gasteiger partial charge in [-0.1, -0.05) is 17.3 Å². The number of benzene rings is 1. The Hall–Kier alpha value is -2.21. The SMILES string of the molecule is O=C(O)C1CNC(c2cccc(-n3ccnn3)c2)C1. The van der Waals surface area contributed by atoms with Gasteiger partial charge < -0.3 is 10.4 Å². The molecule has 1 aliphatic heterocycles. The third-order valence-corrected chi connectivity index (χ3v) is 3.44. The van der Waals surface area contributed by atoms with Crippen LogP contribution in [0.4, 0.5) is 0 Å². The van der Waals surface area contributed by atoms with Crippen molar-refractivity contribution in [3.8, 4) is 5.69 Å². The van der Waals surface area contributed by atoms with Gasteiger partial charge in [0, 0.05) is 12.6 Å². The average molecular weight is 258 g/mol. The summed E-state index contributed by atoms with van der Waals surface area (Å²) in [4.78, 5) is 11.0. The van der Waals surface area contributed by atoms with Crippen LogP contribution in [-0.4, -0.2) is 32.6 Å². The van der Waals surface area contributed by atoms with E-state index in [4.69, 9.17) is 5.11 Å². The van der Waals surface area contributed by atoms with Gasteiger partial charge in [-0.2, -0.15) is 0 Å². The zero-order valence-electron chi connectivity index (χ0n) is 10.2. The second kappa shape index (κ2) is 4.81. The van der Waals surface area contributed by atoms with E-state index in [9.17, 15) is 4.79 Å². The summed E-state index contributed by atoms with van der Waals surface area (Å²) in [5.74, 6) is -1.04. The molecule has 1 saturated heterocycles. The first-order chi connectivity index (χ1) is 9.24. The molecule has 1 fully saturated rings. The van der Waals surface area contributed by atoms with Gasteiger partial charge in [0.2, 0.25) is 0 Å². The Morgan fingerprint density at radius 3 is 3.05 bits per heavy atom. The van der Waals surface area contributed by atoms with Crippen LogP contribution in [0.5, 0.6) is 0 Å². The number of carbonyl (C=O) groups is 1. The van der Waals surface area contributed by atoms with Crippen molar-refractivity contribution in [3.05, 3.63) is 42.2 Å². The topological polar surface area (TPSA) is 80.0 Å². The molecule has 2 unspecified atom stereocenters. The third-order valence-electron chi connectivity index (χ3n) is 3.44. The Morgan fingerprint density at radius 1 is 1.47 bits per heavy atom. The van der Waals surface area contributed by atoms with Gasteiger partial charge in [-0.25, -0.2) is 4.68 Å². The normalized spacial score (nSPS) is 22.5. The fourth-order valence-electron chi connectivity index (χ4n) is 2.41. The Kier molecular flexibility index (Phi) is 3.00. The lowest BCUT2D eigenvalue weighted by Gasteiger charge is -2.12. The summed E-state index contributed by atoms with van der Waals surface area (Å²) < 4.78 is 1.69. The van der Waals surface area contributed by atoms with Crippen LogP contribution in [-0.2, 0) is 4.79 Å². The molecule has 3 rings (SSSR count). The van der Waals surface area contributed by atoms with E-state index in [1.807, 2.05) is 24.3 Å². The van der Waals surface area contributed by atoms with Crippen molar-refractivity contribution >= 4 is 5.97 Å². The standard InChI is InChI=1S/C13H14N4O2/c18-13(19)10-7-12(14-8-10)9-2-1-3-11(6-9)17-5-4-15-16-17/h1-6,10,12,14H,7-8H2,(H,18,19). The highest BCUT2D eigenvalue weighted by Crippen LogP contribution is 2.28. The highest BCUT2D eigenvalue weighted by molar-refractivity contribution is 5.70. The summed E-state index contributed by atoms with van der Waals surface area (Å²) >= 11 is 0. The molecular formula is C13H14N4O2. The predicted molar refractivity (Wildman–Crippen MR) is 67.8 cm³/mol. The fourth-order valence-corrected chi connectivity index (χ4v) is 2.41. The molecule has 0 amide bonds. The maximum absolute atomic E-state index is 11.0. The van der Waals surface area contributed by atoms with Crippen LogP contribution < -0.4 is 5.32 Å². The quantitative estimate of drug-likeness (QED) is 0.858. The van der Waals surface area contributed by atoms with Crippen LogP contribution in [0.1, 0.15) is 18.0 Å². The van der Waals surface area contributed by atoms with E-state index in [2.05, 4.69) is 15.6 Å². The van der Waals surface area contributed by atoms with Crippen molar-refractivity contribution in [1.29, 1.82) is 0 Å². The molecule has 1 aliphatic rings. The lowest BCUT2D eigenvalue weighted by molar-refractivity contribution is -0.141. The van der Waals surface area contributed by atoms with Gasteiger partial charge in [0.1, 0.15) is 0 Å². The molecule has 0 aliphatic carbocycles. The van der Waals surface area contributed by atoms with Crippen molar-refractivity contribution < 1.29 is 9.90 Å². The van der Waals surface area contributed by atoms with E-state index in [1.54, 1.807) is 17.1 Å². The van der Waals surface area contributed by atoms with Crippen LogP contribution in [0.2, 0.25) is 0 Å². The summed E-state index contributed by atoms with van der Waals surface area (Å²) in [6, 6.07) is 7.99. The van der Waals surface area contributed by atoms with Gasteiger partial charge in [-0.15, -0.1) is 5.10 Å². The molecule has 2 heterocycles. The molecule has 1 aromatic carbocycles. The number of aliphatic carboxylic acids is 1. The molecule has 2 N–H and O–H groups in total. The van der Waals surface area contributed by atoms with E-state index in [0.717, 1.165) is 11.3 Å². The van der Waals surface area contributed by atoms with Crippen molar-refractivity contribution in [2.75, 3.05) is 6.54 Å². The van der Waals surface area contributed by atoms with Gasteiger partial charge in [0.05, 0.1) is 24.0 Å². The second-order valence-corrected chi connectivity index (χ2v) is 4.67. The van der Waals surface area contributed by atoms with E-state index < -0.39 is 5.97 Å². The van der Waals surface area contributed by atoms with E-state index >= 15 is 0 Å². The molecule has 19 heavy (non-hydrogen) atoms. The molecule has 2 atom stereocenters. The van der Waals surface area contributed by atoms with Crippen molar-refractivity contribution in [2.45, 2.75) is 12.5 Å². The average Bonchev–Trinajstić information content (AvgIpc) is 3.10. The number of nitrogens with one attached hydrogen (secondary N) is 1. The van der Waals surface area contributed by atoms with Gasteiger partial charge in [-0.05, 0) is 24.1 Å². The number of hydrogen-bond acceptors (Lipinski definition) is 4. The number of aromatic nitrogens is 3. The molecule has 0 bridgehead atoms. The van der Waals surface area contributed by atoms with Gasteiger partial charge in [-0.3, -0.25) is 4.79 Å². The van der Waals surface area contributed by atoms with Gasteiger partial charge in [0.25, 0.3) is 0 Å². The maximum Gasteiger partial charge on any atom is 0.307 e. The largest absolute Gasteiger partial charge is 0.481 e. The van der Waals surface area contributed by atoms with Crippen LogP contribution in [0.25, 0.3) is 5.69 Å². The van der Waals surface area contributed by atoms with Crippen LogP contribution in [0, 0.1) is 5.92 Å². The van der Waals surface area contributed by atoms with Crippen molar-refractivity contribution in [1.82, 2.24) is 20.3 Å². The van der Waals surface area contributed by atoms with Crippen LogP contribution >= 0.6 is 0 Å². The zero-order chi connectivity index (χ0) is 13.2. The number of carboxylic acid groups (broad SMARTS) is 1. The zero-order valence-corrected chi connectivity index (χ0v) is 10.2. The summed E-state index contributed by atoms with van der Waals surface area (Å²) in [6.45, 7) is 0.521. The molecule has 0 spiro atoms. The molecule has 0 radical (unpaired) electrons. The first-order valence-electron chi connectivity index (χ1n) is 6.17. The Balaban J connectivity index is 1.83. The minimum atomic E-state index is -0.734. The molecule has 0 saturated carbocycles. The molecule has 98 valence electrons. The second-order valence-electron chi connectivity index (χ2n) is 4.67. The number of nitrogens with zero attached hydrogens (tertiary/aromatic N) is 3. The van der Waals surface area contributed by atoms with Crippen molar-refractivity contribution in [3.63, 3.8) is 0 Å². The first-order valence-corrected chi connectivity index (χ1v) is 6.17. The maximum atomic E-state index is 11.0. The van der Waals surface area contributed by atoms with Gasteiger partial charge >= 0.3 is 5.97 Å². The Bertz CT molecular complexity index is 582. The van der Waals surface area contributed by atoms with E-state index in [1.165, 1.54) is 0 Å². The summed E-state index contributed by atoms with van der Waals surface area (Å²) in [5, 5.41) is 20.0. The summed E-state index contributed by atoms with van der Waals surface area (Å²) in [5.41, 5.74) is 2.01. The number of hydrogen-bond donors (Lipinski definition) is 2. The third kappa shape index (κ3) is 2.34. The predicted octanol–water partition coefficient (Wildman–Crippen LogP) is 1.00. The Labute approximate surface area is 110 Å². The highest BCUT2D eigenvalue weighted by atomic mass is 16.4. The molecular weight excluding hydrogens is 244 g/mol. The van der Waals surface area contributed by atoms with Crippen molar-refractivity contribution in [2.24, 2.45) is 5.92 Å². The summed E-state index contributed by atoms with van der Waals surface area (Å²) in [7, 11) is 0. The fraction of sp³-hybridized carbons (Fsp3) is 0.308. The number of rotatable bonds is 3. The molecule has 6 heteroatoms. The molecule has 1 aromatic heterocycles. The van der Waals surface area contributed by atoms with E-state index in [0.29, 0.717) is 13.0 Å². The summed E-state index contributed by atoms with van der Waals surface area (Å²) in [6.07, 6.45) is 4.03. The first kappa shape index (κ1) is 11.9. The molecule has 6 nitrogen and oxygen atoms in total. The smallest absolute Gasteiger partial charge is 0.307 e. The molecule has 2 aromatic rings. The highest BCUT2D eigenvalue weighted by Gasteiger charge is 2.30. The minimum absolute atomic E-state index is 0.0876. The Morgan fingerprint density at radius 2 is 2.37 bits per heavy atom.